The second-order valence-electron chi connectivity index (χ2n) is 5.00. The molecule has 1 aromatic carbocycles. The van der Waals surface area contributed by atoms with Gasteiger partial charge in [-0.25, -0.2) is 0 Å². The van der Waals surface area contributed by atoms with Gasteiger partial charge in [-0.05, 0) is 57.1 Å². The van der Waals surface area contributed by atoms with E-state index in [2.05, 4.69) is 5.32 Å². The first-order valence-electron chi connectivity index (χ1n) is 6.69. The molecule has 19 heavy (non-hydrogen) atoms. The molecule has 0 amide bonds. The van der Waals surface area contributed by atoms with E-state index in [0.29, 0.717) is 17.6 Å². The van der Waals surface area contributed by atoms with Crippen LogP contribution in [0.5, 0.6) is 5.75 Å². The molecule has 1 fully saturated rings. The smallest absolute Gasteiger partial charge is 0.148 e. The number of ether oxygens (including phenoxy) is 1. The molecular weight excluding hydrogens is 240 g/mol. The third-order valence-corrected chi connectivity index (χ3v) is 3.45. The van der Waals surface area contributed by atoms with Crippen molar-refractivity contribution in [2.75, 3.05) is 13.1 Å². The first-order chi connectivity index (χ1) is 9.22. The highest BCUT2D eigenvalue weighted by molar-refractivity contribution is 5.97. The minimum absolute atomic E-state index is 0.301. The molecule has 0 spiro atoms. The maximum absolute atomic E-state index is 7.59. The average Bonchev–Trinajstić information content (AvgIpc) is 2.83. The van der Waals surface area contributed by atoms with E-state index in [1.807, 2.05) is 24.3 Å². The molecule has 4 nitrogen and oxygen atoms in total. The van der Waals surface area contributed by atoms with Crippen molar-refractivity contribution in [3.8, 4) is 5.75 Å². The lowest BCUT2D eigenvalue weighted by atomic mass is 10.1. The number of benzene rings is 1. The molecule has 0 atom stereocenters. The highest BCUT2D eigenvalue weighted by Gasteiger charge is 2.15. The van der Waals surface area contributed by atoms with Crippen LogP contribution >= 0.6 is 0 Å². The van der Waals surface area contributed by atoms with Crippen LogP contribution in [0.3, 0.4) is 0 Å². The van der Waals surface area contributed by atoms with Gasteiger partial charge in [0.2, 0.25) is 0 Å². The van der Waals surface area contributed by atoms with Crippen molar-refractivity contribution < 1.29 is 9.15 Å². The fourth-order valence-electron chi connectivity index (χ4n) is 2.39. The Kier molecular flexibility index (Phi) is 3.25. The van der Waals surface area contributed by atoms with Gasteiger partial charge in [0.05, 0.1) is 5.71 Å². The monoisotopic (exact) mass is 258 g/mol. The van der Waals surface area contributed by atoms with Gasteiger partial charge in [-0.3, -0.25) is 0 Å². The van der Waals surface area contributed by atoms with E-state index in [-0.39, 0.29) is 0 Å². The Balaban J connectivity index is 1.82. The largest absolute Gasteiger partial charge is 0.490 e. The SMILES string of the molecule is CC(=N)c1cc2cc(OC3CCNCC3)ccc2o1. The number of hydrogen-bond donors (Lipinski definition) is 2. The number of hydrogen-bond acceptors (Lipinski definition) is 4. The van der Waals surface area contributed by atoms with Gasteiger partial charge in [0.1, 0.15) is 23.2 Å². The van der Waals surface area contributed by atoms with Crippen LogP contribution in [0.2, 0.25) is 0 Å². The van der Waals surface area contributed by atoms with Crippen molar-refractivity contribution in [1.29, 1.82) is 5.41 Å². The van der Waals surface area contributed by atoms with Crippen molar-refractivity contribution in [1.82, 2.24) is 5.32 Å². The predicted molar refractivity (Wildman–Crippen MR) is 75.2 cm³/mol. The summed E-state index contributed by atoms with van der Waals surface area (Å²) in [4.78, 5) is 0. The zero-order chi connectivity index (χ0) is 13.2. The summed E-state index contributed by atoms with van der Waals surface area (Å²) < 4.78 is 11.6. The number of rotatable bonds is 3. The Morgan fingerprint density at radius 1 is 1.32 bits per heavy atom. The van der Waals surface area contributed by atoms with Crippen molar-refractivity contribution in [2.45, 2.75) is 25.9 Å². The Labute approximate surface area is 112 Å². The molecule has 0 radical (unpaired) electrons. The normalized spacial score (nSPS) is 16.7. The molecule has 2 heterocycles. The minimum Gasteiger partial charge on any atom is -0.490 e. The van der Waals surface area contributed by atoms with Gasteiger partial charge in [0, 0.05) is 5.39 Å². The molecule has 0 bridgehead atoms. The first-order valence-corrected chi connectivity index (χ1v) is 6.69. The second-order valence-corrected chi connectivity index (χ2v) is 5.00. The fourth-order valence-corrected chi connectivity index (χ4v) is 2.39. The molecule has 2 aromatic rings. The van der Waals surface area contributed by atoms with E-state index >= 15 is 0 Å². The Morgan fingerprint density at radius 3 is 2.84 bits per heavy atom. The van der Waals surface area contributed by atoms with Gasteiger partial charge in [0.15, 0.2) is 0 Å². The van der Waals surface area contributed by atoms with Gasteiger partial charge in [-0.15, -0.1) is 0 Å². The van der Waals surface area contributed by atoms with Crippen LogP contribution < -0.4 is 10.1 Å². The maximum Gasteiger partial charge on any atom is 0.148 e. The van der Waals surface area contributed by atoms with Crippen LogP contribution in [0.25, 0.3) is 11.0 Å². The third kappa shape index (κ3) is 2.63. The lowest BCUT2D eigenvalue weighted by Crippen LogP contribution is -2.34. The molecule has 2 N–H and O–H groups in total. The standard InChI is InChI=1S/C15H18N2O2/c1-10(16)15-9-11-8-13(2-3-14(11)19-15)18-12-4-6-17-7-5-12/h2-3,8-9,12,16-17H,4-7H2,1H3. The molecule has 1 saturated heterocycles. The van der Waals surface area contributed by atoms with Crippen molar-refractivity contribution in [3.05, 3.63) is 30.0 Å². The van der Waals surface area contributed by atoms with Crippen LogP contribution in [-0.2, 0) is 0 Å². The molecular formula is C15H18N2O2. The van der Waals surface area contributed by atoms with Crippen molar-refractivity contribution >= 4 is 16.7 Å². The van der Waals surface area contributed by atoms with Crippen LogP contribution in [0.4, 0.5) is 0 Å². The molecule has 0 unspecified atom stereocenters. The van der Waals surface area contributed by atoms with E-state index in [1.165, 1.54) is 0 Å². The van der Waals surface area contributed by atoms with Crippen LogP contribution in [-0.4, -0.2) is 24.9 Å². The summed E-state index contributed by atoms with van der Waals surface area (Å²) in [5.41, 5.74) is 1.25. The molecule has 1 aromatic heterocycles. The molecule has 0 saturated carbocycles. The Hall–Kier alpha value is -1.81. The van der Waals surface area contributed by atoms with Gasteiger partial charge in [-0.2, -0.15) is 0 Å². The third-order valence-electron chi connectivity index (χ3n) is 3.45. The van der Waals surface area contributed by atoms with Gasteiger partial charge < -0.3 is 19.9 Å². The number of piperidine rings is 1. The summed E-state index contributed by atoms with van der Waals surface area (Å²) in [5.74, 6) is 1.50. The van der Waals surface area contributed by atoms with Crippen molar-refractivity contribution in [2.24, 2.45) is 0 Å². The first kappa shape index (κ1) is 12.2. The molecule has 100 valence electrons. The number of furan rings is 1. The lowest BCUT2D eigenvalue weighted by molar-refractivity contribution is 0.162. The topological polar surface area (TPSA) is 58.2 Å². The highest BCUT2D eigenvalue weighted by atomic mass is 16.5. The van der Waals surface area contributed by atoms with Crippen LogP contribution in [0.1, 0.15) is 25.5 Å². The summed E-state index contributed by atoms with van der Waals surface area (Å²) in [6.07, 6.45) is 2.40. The number of nitrogens with one attached hydrogen (secondary N) is 2. The van der Waals surface area contributed by atoms with Crippen molar-refractivity contribution in [3.63, 3.8) is 0 Å². The lowest BCUT2D eigenvalue weighted by Gasteiger charge is -2.23. The highest BCUT2D eigenvalue weighted by Crippen LogP contribution is 2.26. The quantitative estimate of drug-likeness (QED) is 0.832. The van der Waals surface area contributed by atoms with E-state index in [1.54, 1.807) is 6.92 Å². The molecule has 1 aliphatic heterocycles. The molecule has 3 rings (SSSR count). The molecule has 1 aliphatic rings. The van der Waals surface area contributed by atoms with E-state index in [0.717, 1.165) is 42.6 Å². The summed E-state index contributed by atoms with van der Waals surface area (Å²) >= 11 is 0. The minimum atomic E-state index is 0.301. The average molecular weight is 258 g/mol. The zero-order valence-corrected chi connectivity index (χ0v) is 11.0. The molecule has 4 heteroatoms. The van der Waals surface area contributed by atoms with E-state index in [4.69, 9.17) is 14.6 Å². The fraction of sp³-hybridized carbons (Fsp3) is 0.400. The summed E-state index contributed by atoms with van der Waals surface area (Å²) in [6, 6.07) is 7.75. The second kappa shape index (κ2) is 5.05. The Morgan fingerprint density at radius 2 is 2.11 bits per heavy atom. The van der Waals surface area contributed by atoms with Gasteiger partial charge in [-0.1, -0.05) is 0 Å². The number of fused-ring (bicyclic) bond motifs is 1. The zero-order valence-electron chi connectivity index (χ0n) is 11.0. The summed E-state index contributed by atoms with van der Waals surface area (Å²) in [6.45, 7) is 3.77. The summed E-state index contributed by atoms with van der Waals surface area (Å²) in [5, 5.41) is 11.9. The van der Waals surface area contributed by atoms with Crippen LogP contribution in [0.15, 0.2) is 28.7 Å². The summed E-state index contributed by atoms with van der Waals surface area (Å²) in [7, 11) is 0. The Bertz CT molecular complexity index is 597. The van der Waals surface area contributed by atoms with Gasteiger partial charge in [0.25, 0.3) is 0 Å². The predicted octanol–water partition coefficient (Wildman–Crippen LogP) is 2.95. The van der Waals surface area contributed by atoms with E-state index < -0.39 is 0 Å². The van der Waals surface area contributed by atoms with Crippen LogP contribution in [0, 0.1) is 5.41 Å². The molecule has 0 aliphatic carbocycles. The van der Waals surface area contributed by atoms with Gasteiger partial charge >= 0.3 is 0 Å². The maximum atomic E-state index is 7.59. The van der Waals surface area contributed by atoms with E-state index in [9.17, 15) is 0 Å².